The van der Waals surface area contributed by atoms with Crippen molar-refractivity contribution in [2.75, 3.05) is 11.9 Å². The van der Waals surface area contributed by atoms with Crippen molar-refractivity contribution in [3.8, 4) is 11.5 Å². The Hall–Kier alpha value is -1.38. The first-order valence-corrected chi connectivity index (χ1v) is 3.91. The van der Waals surface area contributed by atoms with E-state index in [9.17, 15) is 5.11 Å². The SMILES string of the molecule is CCNc1cc(O)cc(O)c1C. The topological polar surface area (TPSA) is 52.5 Å². The normalized spacial score (nSPS) is 9.83. The summed E-state index contributed by atoms with van der Waals surface area (Å²) in [7, 11) is 0. The van der Waals surface area contributed by atoms with Crippen molar-refractivity contribution in [3.05, 3.63) is 17.7 Å². The number of aromatic hydroxyl groups is 2. The van der Waals surface area contributed by atoms with Crippen LogP contribution >= 0.6 is 0 Å². The van der Waals surface area contributed by atoms with Crippen LogP contribution < -0.4 is 5.32 Å². The highest BCUT2D eigenvalue weighted by molar-refractivity contribution is 5.60. The second-order valence-electron chi connectivity index (χ2n) is 2.67. The molecular formula is C9H13NO2. The van der Waals surface area contributed by atoms with Crippen molar-refractivity contribution in [3.63, 3.8) is 0 Å². The summed E-state index contributed by atoms with van der Waals surface area (Å²) in [5, 5.41) is 21.5. The molecule has 1 aromatic rings. The molecular weight excluding hydrogens is 154 g/mol. The predicted octanol–water partition coefficient (Wildman–Crippen LogP) is 1.84. The average molecular weight is 167 g/mol. The van der Waals surface area contributed by atoms with Crippen LogP contribution in [0.3, 0.4) is 0 Å². The summed E-state index contributed by atoms with van der Waals surface area (Å²) >= 11 is 0. The molecule has 0 saturated heterocycles. The molecule has 0 saturated carbocycles. The lowest BCUT2D eigenvalue weighted by atomic mass is 10.1. The molecule has 66 valence electrons. The molecule has 3 heteroatoms. The molecule has 1 rings (SSSR count). The lowest BCUT2D eigenvalue weighted by Crippen LogP contribution is -1.98. The molecule has 0 heterocycles. The Morgan fingerprint density at radius 2 is 2.00 bits per heavy atom. The van der Waals surface area contributed by atoms with Gasteiger partial charge in [0.2, 0.25) is 0 Å². The van der Waals surface area contributed by atoms with Crippen LogP contribution in [-0.4, -0.2) is 16.8 Å². The van der Waals surface area contributed by atoms with Gasteiger partial charge in [-0.3, -0.25) is 0 Å². The monoisotopic (exact) mass is 167 g/mol. The third kappa shape index (κ3) is 1.61. The van der Waals surface area contributed by atoms with Gasteiger partial charge in [0.1, 0.15) is 11.5 Å². The average Bonchev–Trinajstić information content (AvgIpc) is 2.00. The minimum absolute atomic E-state index is 0.0778. The highest BCUT2D eigenvalue weighted by Gasteiger charge is 2.03. The molecule has 0 aromatic heterocycles. The number of phenolic OH excluding ortho intramolecular Hbond substituents is 2. The van der Waals surface area contributed by atoms with Crippen molar-refractivity contribution >= 4 is 5.69 Å². The molecule has 0 aliphatic heterocycles. The molecule has 0 fully saturated rings. The largest absolute Gasteiger partial charge is 0.508 e. The van der Waals surface area contributed by atoms with Crippen LogP contribution in [-0.2, 0) is 0 Å². The molecule has 12 heavy (non-hydrogen) atoms. The lowest BCUT2D eigenvalue weighted by molar-refractivity contribution is 0.448. The zero-order valence-electron chi connectivity index (χ0n) is 7.26. The lowest BCUT2D eigenvalue weighted by Gasteiger charge is -2.09. The Morgan fingerprint density at radius 1 is 1.33 bits per heavy atom. The molecule has 0 aliphatic carbocycles. The van der Waals surface area contributed by atoms with E-state index in [4.69, 9.17) is 5.11 Å². The van der Waals surface area contributed by atoms with Gasteiger partial charge in [-0.05, 0) is 13.8 Å². The standard InChI is InChI=1S/C9H13NO2/c1-3-10-8-4-7(11)5-9(12)6(8)2/h4-5,10-12H,3H2,1-2H3. The zero-order valence-corrected chi connectivity index (χ0v) is 7.26. The summed E-state index contributed by atoms with van der Waals surface area (Å²) in [6.45, 7) is 4.52. The van der Waals surface area contributed by atoms with Gasteiger partial charge >= 0.3 is 0 Å². The van der Waals surface area contributed by atoms with E-state index >= 15 is 0 Å². The van der Waals surface area contributed by atoms with Gasteiger partial charge in [0.05, 0.1) is 0 Å². The van der Waals surface area contributed by atoms with Crippen LogP contribution in [0.5, 0.6) is 11.5 Å². The number of nitrogens with one attached hydrogen (secondary N) is 1. The highest BCUT2D eigenvalue weighted by Crippen LogP contribution is 2.29. The number of hydrogen-bond donors (Lipinski definition) is 3. The predicted molar refractivity (Wildman–Crippen MR) is 48.7 cm³/mol. The molecule has 0 amide bonds. The summed E-state index contributed by atoms with van der Waals surface area (Å²) in [5.41, 5.74) is 1.53. The Morgan fingerprint density at radius 3 is 2.58 bits per heavy atom. The maximum atomic E-state index is 9.31. The first-order valence-electron chi connectivity index (χ1n) is 3.91. The van der Waals surface area contributed by atoms with Crippen LogP contribution in [0.15, 0.2) is 12.1 Å². The first kappa shape index (κ1) is 8.71. The van der Waals surface area contributed by atoms with E-state index in [0.717, 1.165) is 17.8 Å². The number of anilines is 1. The third-order valence-corrected chi connectivity index (χ3v) is 1.73. The van der Waals surface area contributed by atoms with Gasteiger partial charge in [0, 0.05) is 29.9 Å². The molecule has 1 aromatic carbocycles. The summed E-state index contributed by atoms with van der Waals surface area (Å²) in [6.07, 6.45) is 0. The van der Waals surface area contributed by atoms with Crippen molar-refractivity contribution in [1.29, 1.82) is 0 Å². The van der Waals surface area contributed by atoms with E-state index in [1.54, 1.807) is 13.0 Å². The van der Waals surface area contributed by atoms with Gasteiger partial charge in [-0.25, -0.2) is 0 Å². The fourth-order valence-electron chi connectivity index (χ4n) is 1.06. The Kier molecular flexibility index (Phi) is 2.43. The van der Waals surface area contributed by atoms with E-state index in [0.29, 0.717) is 0 Å². The highest BCUT2D eigenvalue weighted by atomic mass is 16.3. The molecule has 0 radical (unpaired) electrons. The quantitative estimate of drug-likeness (QED) is 0.630. The maximum absolute atomic E-state index is 9.31. The van der Waals surface area contributed by atoms with Crippen LogP contribution in [0, 0.1) is 6.92 Å². The van der Waals surface area contributed by atoms with Gasteiger partial charge < -0.3 is 15.5 Å². The molecule has 3 nitrogen and oxygen atoms in total. The van der Waals surface area contributed by atoms with E-state index in [2.05, 4.69) is 5.32 Å². The minimum atomic E-state index is 0.0778. The van der Waals surface area contributed by atoms with Gasteiger partial charge in [-0.1, -0.05) is 0 Å². The third-order valence-electron chi connectivity index (χ3n) is 1.73. The fraction of sp³-hybridized carbons (Fsp3) is 0.333. The molecule has 0 aliphatic rings. The summed E-state index contributed by atoms with van der Waals surface area (Å²) < 4.78 is 0. The molecule has 0 atom stereocenters. The minimum Gasteiger partial charge on any atom is -0.508 e. The number of rotatable bonds is 2. The molecule has 0 unspecified atom stereocenters. The summed E-state index contributed by atoms with van der Waals surface area (Å²) in [4.78, 5) is 0. The van der Waals surface area contributed by atoms with Crippen molar-refractivity contribution in [1.82, 2.24) is 0 Å². The van der Waals surface area contributed by atoms with Crippen LogP contribution in [0.1, 0.15) is 12.5 Å². The molecule has 3 N–H and O–H groups in total. The zero-order chi connectivity index (χ0) is 9.14. The summed E-state index contributed by atoms with van der Waals surface area (Å²) in [6, 6.07) is 2.93. The van der Waals surface area contributed by atoms with Crippen molar-refractivity contribution in [2.24, 2.45) is 0 Å². The first-order chi connectivity index (χ1) is 5.65. The van der Waals surface area contributed by atoms with Gasteiger partial charge in [0.15, 0.2) is 0 Å². The summed E-state index contributed by atoms with van der Waals surface area (Å²) in [5.74, 6) is 0.194. The molecule has 0 bridgehead atoms. The van der Waals surface area contributed by atoms with Crippen LogP contribution in [0.25, 0.3) is 0 Å². The Bertz CT molecular complexity index is 284. The van der Waals surface area contributed by atoms with Gasteiger partial charge in [-0.2, -0.15) is 0 Å². The van der Waals surface area contributed by atoms with Crippen LogP contribution in [0.2, 0.25) is 0 Å². The second kappa shape index (κ2) is 3.34. The Labute approximate surface area is 71.7 Å². The fourth-order valence-corrected chi connectivity index (χ4v) is 1.06. The molecule has 0 spiro atoms. The van der Waals surface area contributed by atoms with E-state index in [1.807, 2.05) is 6.92 Å². The number of phenols is 2. The van der Waals surface area contributed by atoms with E-state index in [1.165, 1.54) is 6.07 Å². The van der Waals surface area contributed by atoms with Crippen LogP contribution in [0.4, 0.5) is 5.69 Å². The second-order valence-corrected chi connectivity index (χ2v) is 2.67. The van der Waals surface area contributed by atoms with Crippen molar-refractivity contribution in [2.45, 2.75) is 13.8 Å². The van der Waals surface area contributed by atoms with E-state index < -0.39 is 0 Å². The Balaban J connectivity index is 3.09. The number of benzene rings is 1. The maximum Gasteiger partial charge on any atom is 0.124 e. The van der Waals surface area contributed by atoms with Gasteiger partial charge in [-0.15, -0.1) is 0 Å². The smallest absolute Gasteiger partial charge is 0.124 e. The number of hydrogen-bond acceptors (Lipinski definition) is 3. The van der Waals surface area contributed by atoms with Gasteiger partial charge in [0.25, 0.3) is 0 Å². The van der Waals surface area contributed by atoms with Crippen molar-refractivity contribution < 1.29 is 10.2 Å². The van der Waals surface area contributed by atoms with E-state index in [-0.39, 0.29) is 11.5 Å².